The molecule has 2 saturated heterocycles. The second-order valence-corrected chi connectivity index (χ2v) is 9.22. The summed E-state index contributed by atoms with van der Waals surface area (Å²) in [4.78, 5) is 17.6. The maximum absolute atomic E-state index is 13.0. The van der Waals surface area contributed by atoms with Crippen LogP contribution in [0.2, 0.25) is 0 Å². The minimum Gasteiger partial charge on any atom is -0.497 e. The van der Waals surface area contributed by atoms with Gasteiger partial charge in [-0.2, -0.15) is 0 Å². The minimum absolute atomic E-state index is 0.180. The lowest BCUT2D eigenvalue weighted by molar-refractivity contribution is -0.175. The van der Waals surface area contributed by atoms with Crippen LogP contribution in [-0.2, 0) is 16.1 Å². The Morgan fingerprint density at radius 2 is 1.86 bits per heavy atom. The van der Waals surface area contributed by atoms with Crippen LogP contribution in [0, 0.1) is 11.8 Å². The van der Waals surface area contributed by atoms with Gasteiger partial charge in [0.2, 0.25) is 0 Å². The zero-order valence-corrected chi connectivity index (χ0v) is 17.5. The molecular weight excluding hydrogens is 352 g/mol. The lowest BCUT2D eigenvalue weighted by atomic mass is 9.89. The number of benzene rings is 1. The van der Waals surface area contributed by atoms with Crippen LogP contribution in [0.1, 0.15) is 45.1 Å². The summed E-state index contributed by atoms with van der Waals surface area (Å²) in [6, 6.07) is 8.05. The van der Waals surface area contributed by atoms with Crippen molar-refractivity contribution < 1.29 is 14.3 Å². The number of hydrogen-bond acceptors (Lipinski definition) is 4. The third-order valence-electron chi connectivity index (χ3n) is 6.47. The van der Waals surface area contributed by atoms with E-state index < -0.39 is 5.60 Å². The summed E-state index contributed by atoms with van der Waals surface area (Å²) < 4.78 is 11.7. The van der Waals surface area contributed by atoms with Gasteiger partial charge in [0.05, 0.1) is 13.2 Å². The molecule has 0 radical (unpaired) electrons. The molecule has 2 heterocycles. The van der Waals surface area contributed by atoms with Gasteiger partial charge in [0.15, 0.2) is 0 Å². The first-order chi connectivity index (χ1) is 13.5. The lowest BCUT2D eigenvalue weighted by Gasteiger charge is -2.44. The summed E-state index contributed by atoms with van der Waals surface area (Å²) >= 11 is 0. The maximum atomic E-state index is 13.0. The molecule has 1 aromatic carbocycles. The highest BCUT2D eigenvalue weighted by molar-refractivity contribution is 5.89. The largest absolute Gasteiger partial charge is 0.497 e. The number of amides is 1. The van der Waals surface area contributed by atoms with Crippen molar-refractivity contribution >= 4 is 5.91 Å². The quantitative estimate of drug-likeness (QED) is 0.752. The topological polar surface area (TPSA) is 42.0 Å². The van der Waals surface area contributed by atoms with Gasteiger partial charge in [-0.15, -0.1) is 0 Å². The van der Waals surface area contributed by atoms with E-state index in [-0.39, 0.29) is 12.0 Å². The third kappa shape index (κ3) is 4.20. The number of morpholine rings is 1. The Kier molecular flexibility index (Phi) is 5.66. The molecule has 1 aromatic rings. The normalized spacial score (nSPS) is 25.5. The van der Waals surface area contributed by atoms with E-state index in [1.807, 2.05) is 17.0 Å². The Bertz CT molecular complexity index is 676. The highest BCUT2D eigenvalue weighted by Gasteiger charge is 2.58. The Hall–Kier alpha value is -1.59. The van der Waals surface area contributed by atoms with Crippen molar-refractivity contribution in [3.8, 4) is 5.75 Å². The molecule has 0 N–H and O–H groups in total. The van der Waals surface area contributed by atoms with E-state index in [2.05, 4.69) is 30.9 Å². The number of carbonyl (C=O) groups is 1. The number of piperidine rings is 1. The lowest BCUT2D eigenvalue weighted by Crippen LogP contribution is -2.56. The van der Waals surface area contributed by atoms with Gasteiger partial charge in [-0.1, -0.05) is 26.0 Å². The molecular formula is C23H34N2O3. The van der Waals surface area contributed by atoms with Crippen LogP contribution in [0.4, 0.5) is 0 Å². The van der Waals surface area contributed by atoms with Crippen LogP contribution in [-0.4, -0.2) is 60.7 Å². The molecule has 1 amide bonds. The van der Waals surface area contributed by atoms with Crippen molar-refractivity contribution in [1.82, 2.24) is 9.80 Å². The van der Waals surface area contributed by atoms with Gasteiger partial charge in [-0.3, -0.25) is 4.79 Å². The van der Waals surface area contributed by atoms with Crippen LogP contribution in [0.5, 0.6) is 5.75 Å². The zero-order valence-electron chi connectivity index (χ0n) is 17.5. The van der Waals surface area contributed by atoms with Gasteiger partial charge in [-0.25, -0.2) is 0 Å². The molecule has 0 aromatic heterocycles. The fourth-order valence-corrected chi connectivity index (χ4v) is 4.77. The summed E-state index contributed by atoms with van der Waals surface area (Å²) in [6.45, 7) is 9.46. The summed E-state index contributed by atoms with van der Waals surface area (Å²) in [6.07, 6.45) is 4.30. The second-order valence-electron chi connectivity index (χ2n) is 9.22. The molecule has 154 valence electrons. The zero-order chi connectivity index (χ0) is 19.7. The average molecular weight is 387 g/mol. The van der Waals surface area contributed by atoms with E-state index in [1.54, 1.807) is 7.11 Å². The van der Waals surface area contributed by atoms with Gasteiger partial charge in [0.25, 0.3) is 5.91 Å². The molecule has 2 aliphatic heterocycles. The van der Waals surface area contributed by atoms with Crippen molar-refractivity contribution in [2.45, 2.75) is 57.8 Å². The van der Waals surface area contributed by atoms with E-state index in [1.165, 1.54) is 19.4 Å². The van der Waals surface area contributed by atoms with E-state index in [0.717, 1.165) is 49.7 Å². The maximum Gasteiger partial charge on any atom is 0.255 e. The Labute approximate surface area is 169 Å². The van der Waals surface area contributed by atoms with Crippen LogP contribution in [0.25, 0.3) is 0 Å². The smallest absolute Gasteiger partial charge is 0.255 e. The van der Waals surface area contributed by atoms with Gasteiger partial charge < -0.3 is 19.3 Å². The predicted octanol–water partition coefficient (Wildman–Crippen LogP) is 3.32. The summed E-state index contributed by atoms with van der Waals surface area (Å²) in [5, 5.41) is 0. The standard InChI is InChI=1S/C23H34N2O3/c1-17(2)14-24-12-8-19(9-13-24)21-16-25(22(26)23(28-21)10-11-23)15-18-4-6-20(27-3)7-5-18/h4-7,17,19,21H,8-16H2,1-3H3. The molecule has 1 spiro atoms. The molecule has 5 heteroatoms. The summed E-state index contributed by atoms with van der Waals surface area (Å²) in [5.74, 6) is 2.32. The first-order valence-electron chi connectivity index (χ1n) is 10.8. The Morgan fingerprint density at radius 1 is 1.18 bits per heavy atom. The fraction of sp³-hybridized carbons (Fsp3) is 0.696. The molecule has 4 rings (SSSR count). The van der Waals surface area contributed by atoms with Crippen molar-refractivity contribution in [2.24, 2.45) is 11.8 Å². The SMILES string of the molecule is COc1ccc(CN2CC(C3CCN(CC(C)C)CC3)OC3(CC3)C2=O)cc1. The highest BCUT2D eigenvalue weighted by Crippen LogP contribution is 2.46. The summed E-state index contributed by atoms with van der Waals surface area (Å²) in [7, 11) is 1.68. The van der Waals surface area contributed by atoms with E-state index in [4.69, 9.17) is 9.47 Å². The highest BCUT2D eigenvalue weighted by atomic mass is 16.5. The number of likely N-dealkylation sites (tertiary alicyclic amines) is 1. The van der Waals surface area contributed by atoms with Crippen LogP contribution in [0.3, 0.4) is 0 Å². The molecule has 1 saturated carbocycles. The van der Waals surface area contributed by atoms with Gasteiger partial charge >= 0.3 is 0 Å². The number of hydrogen-bond donors (Lipinski definition) is 0. The Balaban J connectivity index is 1.40. The molecule has 1 aliphatic carbocycles. The Morgan fingerprint density at radius 3 is 2.43 bits per heavy atom. The van der Waals surface area contributed by atoms with Gasteiger partial charge in [0, 0.05) is 19.6 Å². The molecule has 5 nitrogen and oxygen atoms in total. The number of methoxy groups -OCH3 is 1. The van der Waals surface area contributed by atoms with E-state index >= 15 is 0 Å². The minimum atomic E-state index is -0.509. The van der Waals surface area contributed by atoms with Crippen LogP contribution < -0.4 is 4.74 Å². The first kappa shape index (κ1) is 19.7. The van der Waals surface area contributed by atoms with Crippen LogP contribution >= 0.6 is 0 Å². The molecule has 1 unspecified atom stereocenters. The van der Waals surface area contributed by atoms with E-state index in [0.29, 0.717) is 12.5 Å². The van der Waals surface area contributed by atoms with E-state index in [9.17, 15) is 4.79 Å². The second kappa shape index (κ2) is 8.03. The van der Waals surface area contributed by atoms with Crippen molar-refractivity contribution in [1.29, 1.82) is 0 Å². The van der Waals surface area contributed by atoms with Crippen molar-refractivity contribution in [2.75, 3.05) is 33.3 Å². The van der Waals surface area contributed by atoms with Gasteiger partial charge in [-0.05, 0) is 68.3 Å². The van der Waals surface area contributed by atoms with Gasteiger partial charge in [0.1, 0.15) is 11.4 Å². The first-order valence-corrected chi connectivity index (χ1v) is 10.8. The fourth-order valence-electron chi connectivity index (χ4n) is 4.77. The number of rotatable bonds is 6. The summed E-state index contributed by atoms with van der Waals surface area (Å²) in [5.41, 5.74) is 0.641. The van der Waals surface area contributed by atoms with Crippen LogP contribution in [0.15, 0.2) is 24.3 Å². The third-order valence-corrected chi connectivity index (χ3v) is 6.47. The molecule has 28 heavy (non-hydrogen) atoms. The molecule has 3 fully saturated rings. The number of carbonyl (C=O) groups excluding carboxylic acids is 1. The average Bonchev–Trinajstić information content (AvgIpc) is 3.46. The molecule has 3 aliphatic rings. The molecule has 0 bridgehead atoms. The number of nitrogens with zero attached hydrogens (tertiary/aromatic N) is 2. The number of ether oxygens (including phenoxy) is 2. The van der Waals surface area contributed by atoms with Crippen molar-refractivity contribution in [3.05, 3.63) is 29.8 Å². The monoisotopic (exact) mass is 386 g/mol. The van der Waals surface area contributed by atoms with Crippen molar-refractivity contribution in [3.63, 3.8) is 0 Å². The predicted molar refractivity (Wildman–Crippen MR) is 109 cm³/mol. The molecule has 1 atom stereocenters.